The molecule has 1 aromatic rings. The molecule has 0 radical (unpaired) electrons. The van der Waals surface area contributed by atoms with E-state index in [2.05, 4.69) is 26.2 Å². The van der Waals surface area contributed by atoms with Crippen LogP contribution in [0, 0.1) is 0 Å². The minimum Gasteiger partial charge on any atom is -0.360 e. The van der Waals surface area contributed by atoms with E-state index in [-0.39, 0.29) is 0 Å². The van der Waals surface area contributed by atoms with E-state index >= 15 is 0 Å². The normalized spacial score (nSPS) is 20.5. The van der Waals surface area contributed by atoms with Crippen molar-refractivity contribution in [2.75, 3.05) is 31.1 Å². The molecule has 1 saturated carbocycles. The number of hydrogen-bond donors (Lipinski definition) is 1. The van der Waals surface area contributed by atoms with Gasteiger partial charge in [-0.1, -0.05) is 31.7 Å². The van der Waals surface area contributed by atoms with Gasteiger partial charge in [0.15, 0.2) is 5.11 Å². The number of piperazine rings is 1. The van der Waals surface area contributed by atoms with Gasteiger partial charge < -0.3 is 15.1 Å². The second-order valence-electron chi connectivity index (χ2n) is 6.30. The van der Waals surface area contributed by atoms with Gasteiger partial charge in [0.2, 0.25) is 0 Å². The fourth-order valence-electron chi connectivity index (χ4n) is 3.37. The Balaban J connectivity index is 1.47. The summed E-state index contributed by atoms with van der Waals surface area (Å²) in [6, 6.07) is 6.68. The number of aromatic nitrogens is 1. The molecule has 1 aromatic heterocycles. The molecule has 0 aromatic carbocycles. The van der Waals surface area contributed by atoms with Crippen LogP contribution in [0.15, 0.2) is 24.4 Å². The average Bonchev–Trinajstić information content (AvgIpc) is 2.84. The largest absolute Gasteiger partial charge is 0.360 e. The third-order valence-electron chi connectivity index (χ3n) is 4.72. The molecule has 2 aliphatic rings. The monoisotopic (exact) mass is 318 g/mol. The summed E-state index contributed by atoms with van der Waals surface area (Å²) in [6.07, 6.45) is 9.85. The smallest absolute Gasteiger partial charge is 0.169 e. The van der Waals surface area contributed by atoms with Gasteiger partial charge in [-0.15, -0.1) is 0 Å². The van der Waals surface area contributed by atoms with Crippen molar-refractivity contribution in [3.63, 3.8) is 0 Å². The molecule has 1 saturated heterocycles. The first-order valence-corrected chi connectivity index (χ1v) is 8.95. The van der Waals surface area contributed by atoms with Gasteiger partial charge in [-0.3, -0.25) is 0 Å². The van der Waals surface area contributed by atoms with E-state index in [0.29, 0.717) is 6.04 Å². The predicted octanol–water partition coefficient (Wildman–Crippen LogP) is 2.80. The first-order chi connectivity index (χ1) is 10.8. The van der Waals surface area contributed by atoms with E-state index in [1.54, 1.807) is 0 Å². The molecule has 0 spiro atoms. The lowest BCUT2D eigenvalue weighted by Crippen LogP contribution is -2.53. The quantitative estimate of drug-likeness (QED) is 0.669. The highest BCUT2D eigenvalue weighted by molar-refractivity contribution is 7.80. The summed E-state index contributed by atoms with van der Waals surface area (Å²) in [5, 5.41) is 4.56. The predicted molar refractivity (Wildman–Crippen MR) is 95.2 cm³/mol. The molecule has 1 N–H and O–H groups in total. The zero-order valence-corrected chi connectivity index (χ0v) is 14.0. The lowest BCUT2D eigenvalue weighted by molar-refractivity contribution is 0.369. The maximum Gasteiger partial charge on any atom is 0.169 e. The van der Waals surface area contributed by atoms with Gasteiger partial charge in [0.1, 0.15) is 5.82 Å². The van der Waals surface area contributed by atoms with Gasteiger partial charge in [-0.25, -0.2) is 4.98 Å². The molecule has 0 unspecified atom stereocenters. The Bertz CT molecular complexity index is 463. The Labute approximate surface area is 138 Å². The highest BCUT2D eigenvalue weighted by Gasteiger charge is 2.21. The van der Waals surface area contributed by atoms with Crippen molar-refractivity contribution in [3.05, 3.63) is 24.4 Å². The summed E-state index contributed by atoms with van der Waals surface area (Å²) in [7, 11) is 0. The lowest BCUT2D eigenvalue weighted by atomic mass is 10.1. The second-order valence-corrected chi connectivity index (χ2v) is 6.69. The molecular weight excluding hydrogens is 292 g/mol. The summed E-state index contributed by atoms with van der Waals surface area (Å²) in [5.41, 5.74) is 0. The first-order valence-electron chi connectivity index (χ1n) is 8.54. The topological polar surface area (TPSA) is 31.4 Å². The minimum absolute atomic E-state index is 0.587. The number of rotatable bonds is 2. The van der Waals surface area contributed by atoms with Crippen molar-refractivity contribution >= 4 is 23.1 Å². The van der Waals surface area contributed by atoms with Crippen molar-refractivity contribution in [1.29, 1.82) is 0 Å². The van der Waals surface area contributed by atoms with E-state index in [4.69, 9.17) is 12.2 Å². The Hall–Kier alpha value is -1.36. The molecule has 5 heteroatoms. The Morgan fingerprint density at radius 3 is 2.41 bits per heavy atom. The molecule has 0 atom stereocenters. The fourth-order valence-corrected chi connectivity index (χ4v) is 3.72. The Morgan fingerprint density at radius 1 is 1.05 bits per heavy atom. The van der Waals surface area contributed by atoms with Crippen molar-refractivity contribution in [1.82, 2.24) is 15.2 Å². The van der Waals surface area contributed by atoms with Crippen LogP contribution in [-0.2, 0) is 0 Å². The zero-order valence-electron chi connectivity index (χ0n) is 13.2. The van der Waals surface area contributed by atoms with E-state index in [9.17, 15) is 0 Å². The molecular formula is C17H26N4S. The Morgan fingerprint density at radius 2 is 1.77 bits per heavy atom. The fraction of sp³-hybridized carbons (Fsp3) is 0.647. The molecule has 22 heavy (non-hydrogen) atoms. The number of anilines is 1. The molecule has 0 amide bonds. The van der Waals surface area contributed by atoms with Crippen LogP contribution in [0.1, 0.15) is 38.5 Å². The van der Waals surface area contributed by atoms with Crippen LogP contribution in [0.3, 0.4) is 0 Å². The number of pyridine rings is 1. The van der Waals surface area contributed by atoms with Crippen LogP contribution < -0.4 is 10.2 Å². The van der Waals surface area contributed by atoms with Crippen LogP contribution in [0.4, 0.5) is 5.82 Å². The van der Waals surface area contributed by atoms with Gasteiger partial charge in [0.05, 0.1) is 0 Å². The molecule has 4 nitrogen and oxygen atoms in total. The first kappa shape index (κ1) is 15.5. The SMILES string of the molecule is S=C(NC1CCCCCC1)N1CCN(c2ccccn2)CC1. The van der Waals surface area contributed by atoms with Crippen LogP contribution in [0.2, 0.25) is 0 Å². The van der Waals surface area contributed by atoms with Crippen LogP contribution in [0.5, 0.6) is 0 Å². The van der Waals surface area contributed by atoms with Gasteiger partial charge in [0, 0.05) is 38.4 Å². The molecule has 2 heterocycles. The van der Waals surface area contributed by atoms with Gasteiger partial charge >= 0.3 is 0 Å². The van der Waals surface area contributed by atoms with E-state index in [1.165, 1.54) is 38.5 Å². The second kappa shape index (κ2) is 7.77. The number of hydrogen-bond acceptors (Lipinski definition) is 3. The van der Waals surface area contributed by atoms with Crippen molar-refractivity contribution in [2.24, 2.45) is 0 Å². The summed E-state index contributed by atoms with van der Waals surface area (Å²) in [6.45, 7) is 3.94. The third kappa shape index (κ3) is 4.09. The summed E-state index contributed by atoms with van der Waals surface area (Å²) in [5.74, 6) is 1.07. The zero-order chi connectivity index (χ0) is 15.2. The van der Waals surface area contributed by atoms with E-state index in [0.717, 1.165) is 37.1 Å². The average molecular weight is 318 g/mol. The molecule has 1 aliphatic heterocycles. The van der Waals surface area contributed by atoms with Gasteiger partial charge in [0.25, 0.3) is 0 Å². The van der Waals surface area contributed by atoms with Gasteiger partial charge in [-0.2, -0.15) is 0 Å². The maximum atomic E-state index is 5.64. The Kier molecular flexibility index (Phi) is 5.48. The third-order valence-corrected chi connectivity index (χ3v) is 5.10. The van der Waals surface area contributed by atoms with E-state index in [1.807, 2.05) is 18.3 Å². The van der Waals surface area contributed by atoms with Crippen LogP contribution in [0.25, 0.3) is 0 Å². The lowest BCUT2D eigenvalue weighted by Gasteiger charge is -2.37. The summed E-state index contributed by atoms with van der Waals surface area (Å²) < 4.78 is 0. The van der Waals surface area contributed by atoms with Crippen molar-refractivity contribution in [3.8, 4) is 0 Å². The molecule has 3 rings (SSSR count). The van der Waals surface area contributed by atoms with Crippen LogP contribution >= 0.6 is 12.2 Å². The number of nitrogens with one attached hydrogen (secondary N) is 1. The highest BCUT2D eigenvalue weighted by Crippen LogP contribution is 2.18. The van der Waals surface area contributed by atoms with Crippen LogP contribution in [-0.4, -0.2) is 47.2 Å². The molecule has 2 fully saturated rings. The minimum atomic E-state index is 0.587. The molecule has 120 valence electrons. The summed E-state index contributed by atoms with van der Waals surface area (Å²) in [4.78, 5) is 9.09. The van der Waals surface area contributed by atoms with Gasteiger partial charge in [-0.05, 0) is 37.2 Å². The standard InChI is InChI=1S/C17H26N4S/c22-17(19-15-7-3-1-2-4-8-15)21-13-11-20(12-14-21)16-9-5-6-10-18-16/h5-6,9-10,15H,1-4,7-8,11-14H2,(H,19,22). The number of thiocarbonyl (C=S) groups is 1. The van der Waals surface area contributed by atoms with Crippen molar-refractivity contribution < 1.29 is 0 Å². The van der Waals surface area contributed by atoms with E-state index < -0.39 is 0 Å². The maximum absolute atomic E-state index is 5.64. The molecule has 0 bridgehead atoms. The number of nitrogens with zero attached hydrogens (tertiary/aromatic N) is 3. The summed E-state index contributed by atoms with van der Waals surface area (Å²) >= 11 is 5.64. The van der Waals surface area contributed by atoms with Crippen molar-refractivity contribution in [2.45, 2.75) is 44.6 Å². The molecule has 1 aliphatic carbocycles. The highest BCUT2D eigenvalue weighted by atomic mass is 32.1.